The minimum absolute atomic E-state index is 0.117. The Morgan fingerprint density at radius 3 is 2.19 bits per heavy atom. The van der Waals surface area contributed by atoms with Crippen molar-refractivity contribution < 1.29 is 23.8 Å². The molecule has 1 heterocycles. The van der Waals surface area contributed by atoms with Gasteiger partial charge in [0.15, 0.2) is 13.1 Å². The van der Waals surface area contributed by atoms with Gasteiger partial charge < -0.3 is 20.0 Å². The standard InChI is InChI=1S/C24H31FN4O2/c1-3-19-7-9-20(10-8-19)16-27(2)24(31)18-29-13-11-28(12-14-29)17-23(30)26-22-6-4-5-21(25)15-22/h4-10,15H,3,11-14,16-18H2,1-2H3,(H,26,30)/p+2. The number of rotatable bonds is 8. The first kappa shape index (κ1) is 22.9. The van der Waals surface area contributed by atoms with Crippen molar-refractivity contribution in [3.63, 3.8) is 0 Å². The van der Waals surface area contributed by atoms with Gasteiger partial charge in [0.1, 0.15) is 32.0 Å². The molecule has 6 nitrogen and oxygen atoms in total. The Morgan fingerprint density at radius 2 is 1.58 bits per heavy atom. The lowest BCUT2D eigenvalue weighted by atomic mass is 10.1. The Morgan fingerprint density at radius 1 is 0.968 bits per heavy atom. The maximum absolute atomic E-state index is 13.2. The van der Waals surface area contributed by atoms with Gasteiger partial charge in [0.05, 0.1) is 0 Å². The molecule has 1 aliphatic heterocycles. The Labute approximate surface area is 183 Å². The molecule has 0 unspecified atom stereocenters. The van der Waals surface area contributed by atoms with Crippen LogP contribution in [0.4, 0.5) is 10.1 Å². The van der Waals surface area contributed by atoms with Crippen LogP contribution in [-0.4, -0.2) is 63.0 Å². The monoisotopic (exact) mass is 428 g/mol. The first-order chi connectivity index (χ1) is 14.9. The third kappa shape index (κ3) is 7.15. The first-order valence-corrected chi connectivity index (χ1v) is 11.0. The van der Waals surface area contributed by atoms with Gasteiger partial charge in [0, 0.05) is 19.3 Å². The third-order valence-electron chi connectivity index (χ3n) is 5.86. The van der Waals surface area contributed by atoms with Gasteiger partial charge in [-0.05, 0) is 35.7 Å². The van der Waals surface area contributed by atoms with Gasteiger partial charge in [-0.1, -0.05) is 37.3 Å². The van der Waals surface area contributed by atoms with E-state index in [1.54, 1.807) is 17.0 Å². The summed E-state index contributed by atoms with van der Waals surface area (Å²) >= 11 is 0. The molecule has 0 saturated carbocycles. The SMILES string of the molecule is CCc1ccc(CN(C)C(=O)C[NH+]2CC[NH+](CC(=O)Nc3cccc(F)c3)CC2)cc1. The van der Waals surface area contributed by atoms with Gasteiger partial charge in [-0.3, -0.25) is 9.59 Å². The summed E-state index contributed by atoms with van der Waals surface area (Å²) in [6.07, 6.45) is 1.01. The van der Waals surface area contributed by atoms with Crippen LogP contribution < -0.4 is 15.1 Å². The van der Waals surface area contributed by atoms with Crippen LogP contribution in [0.3, 0.4) is 0 Å². The molecule has 0 radical (unpaired) electrons. The van der Waals surface area contributed by atoms with Crippen molar-refractivity contribution in [3.8, 4) is 0 Å². The van der Waals surface area contributed by atoms with E-state index in [2.05, 4.69) is 36.5 Å². The van der Waals surface area contributed by atoms with Gasteiger partial charge in [-0.15, -0.1) is 0 Å². The molecule has 3 rings (SSSR count). The Hall–Kier alpha value is -2.77. The van der Waals surface area contributed by atoms with Crippen molar-refractivity contribution in [3.05, 3.63) is 65.5 Å². The number of hydrogen-bond donors (Lipinski definition) is 3. The highest BCUT2D eigenvalue weighted by Gasteiger charge is 2.27. The second kappa shape index (κ2) is 11.0. The summed E-state index contributed by atoms with van der Waals surface area (Å²) in [4.78, 5) is 29.1. The van der Waals surface area contributed by atoms with E-state index in [-0.39, 0.29) is 17.6 Å². The number of aryl methyl sites for hydroxylation is 1. The normalized spacial score (nSPS) is 18.4. The first-order valence-electron chi connectivity index (χ1n) is 11.0. The molecule has 1 aliphatic rings. The lowest BCUT2D eigenvalue weighted by molar-refractivity contribution is -1.00. The van der Waals surface area contributed by atoms with Gasteiger partial charge in [-0.25, -0.2) is 4.39 Å². The van der Waals surface area contributed by atoms with Crippen molar-refractivity contribution in [2.24, 2.45) is 0 Å². The highest BCUT2D eigenvalue weighted by Crippen LogP contribution is 2.08. The predicted octanol–water partition coefficient (Wildman–Crippen LogP) is -0.231. The van der Waals surface area contributed by atoms with Crippen LogP contribution in [0.5, 0.6) is 0 Å². The van der Waals surface area contributed by atoms with E-state index in [4.69, 9.17) is 0 Å². The van der Waals surface area contributed by atoms with E-state index in [1.807, 2.05) is 7.05 Å². The van der Waals surface area contributed by atoms with Crippen molar-refractivity contribution in [2.75, 3.05) is 51.6 Å². The molecule has 0 spiro atoms. The highest BCUT2D eigenvalue weighted by molar-refractivity contribution is 5.91. The average Bonchev–Trinajstić information content (AvgIpc) is 2.75. The van der Waals surface area contributed by atoms with Crippen LogP contribution in [0.2, 0.25) is 0 Å². The third-order valence-corrected chi connectivity index (χ3v) is 5.86. The van der Waals surface area contributed by atoms with Crippen LogP contribution in [-0.2, 0) is 22.6 Å². The number of carbonyl (C=O) groups is 2. The fourth-order valence-electron chi connectivity index (χ4n) is 3.90. The zero-order valence-corrected chi connectivity index (χ0v) is 18.4. The molecule has 31 heavy (non-hydrogen) atoms. The smallest absolute Gasteiger partial charge is 0.279 e. The lowest BCUT2D eigenvalue weighted by Crippen LogP contribution is -3.28. The average molecular weight is 429 g/mol. The van der Waals surface area contributed by atoms with Crippen molar-refractivity contribution in [1.29, 1.82) is 0 Å². The lowest BCUT2D eigenvalue weighted by Gasteiger charge is -2.30. The van der Waals surface area contributed by atoms with Gasteiger partial charge >= 0.3 is 0 Å². The van der Waals surface area contributed by atoms with Crippen molar-refractivity contribution in [1.82, 2.24) is 4.90 Å². The fraction of sp³-hybridized carbons (Fsp3) is 0.417. The second-order valence-corrected chi connectivity index (χ2v) is 8.33. The summed E-state index contributed by atoms with van der Waals surface area (Å²) in [5, 5.41) is 2.75. The van der Waals surface area contributed by atoms with Gasteiger partial charge in [0.25, 0.3) is 11.8 Å². The summed E-state index contributed by atoms with van der Waals surface area (Å²) in [6.45, 7) is 6.96. The number of anilines is 1. The Bertz CT molecular complexity index is 879. The minimum atomic E-state index is -0.366. The van der Waals surface area contributed by atoms with E-state index in [9.17, 15) is 14.0 Å². The number of quaternary nitrogens is 2. The largest absolute Gasteiger partial charge is 0.337 e. The molecule has 2 aromatic rings. The van der Waals surface area contributed by atoms with Crippen LogP contribution in [0.1, 0.15) is 18.1 Å². The molecule has 0 aromatic heterocycles. The molecule has 0 bridgehead atoms. The molecule has 166 valence electrons. The van der Waals surface area contributed by atoms with E-state index in [1.165, 1.54) is 27.5 Å². The number of nitrogens with one attached hydrogen (secondary N) is 3. The van der Waals surface area contributed by atoms with E-state index >= 15 is 0 Å². The molecule has 7 heteroatoms. The molecule has 3 N–H and O–H groups in total. The molecular formula is C24H33FN4O2+2. The van der Waals surface area contributed by atoms with Crippen LogP contribution in [0, 0.1) is 5.82 Å². The molecule has 0 atom stereocenters. The number of piperazine rings is 1. The molecule has 1 fully saturated rings. The Kier molecular flexibility index (Phi) is 8.14. The number of halogens is 1. The van der Waals surface area contributed by atoms with Gasteiger partial charge in [0.2, 0.25) is 0 Å². The molecule has 1 saturated heterocycles. The van der Waals surface area contributed by atoms with E-state index < -0.39 is 0 Å². The van der Waals surface area contributed by atoms with Crippen molar-refractivity contribution >= 4 is 17.5 Å². The summed E-state index contributed by atoms with van der Waals surface area (Å²) < 4.78 is 13.2. The molecule has 2 aromatic carbocycles. The van der Waals surface area contributed by atoms with Crippen LogP contribution >= 0.6 is 0 Å². The predicted molar refractivity (Wildman–Crippen MR) is 118 cm³/mol. The molecule has 2 amide bonds. The fourth-order valence-corrected chi connectivity index (χ4v) is 3.90. The Balaban J connectivity index is 1.38. The summed E-state index contributed by atoms with van der Waals surface area (Å²) in [5.41, 5.74) is 2.92. The van der Waals surface area contributed by atoms with E-state index in [0.717, 1.165) is 38.2 Å². The van der Waals surface area contributed by atoms with Gasteiger partial charge in [-0.2, -0.15) is 0 Å². The zero-order chi connectivity index (χ0) is 22.2. The molecular weight excluding hydrogens is 395 g/mol. The molecule has 0 aliphatic carbocycles. The number of likely N-dealkylation sites (N-methyl/N-ethyl adjacent to an activating group) is 1. The number of benzene rings is 2. The zero-order valence-electron chi connectivity index (χ0n) is 18.4. The number of carbonyl (C=O) groups excluding carboxylic acids is 2. The number of nitrogens with zero attached hydrogens (tertiary/aromatic N) is 1. The van der Waals surface area contributed by atoms with Crippen LogP contribution in [0.15, 0.2) is 48.5 Å². The highest BCUT2D eigenvalue weighted by atomic mass is 19.1. The number of amides is 2. The topological polar surface area (TPSA) is 58.3 Å². The van der Waals surface area contributed by atoms with E-state index in [0.29, 0.717) is 25.3 Å². The minimum Gasteiger partial charge on any atom is -0.337 e. The summed E-state index contributed by atoms with van der Waals surface area (Å²) in [5.74, 6) is -0.342. The van der Waals surface area contributed by atoms with Crippen molar-refractivity contribution in [2.45, 2.75) is 19.9 Å². The summed E-state index contributed by atoms with van der Waals surface area (Å²) in [6, 6.07) is 14.3. The maximum atomic E-state index is 13.2. The second-order valence-electron chi connectivity index (χ2n) is 8.33. The van der Waals surface area contributed by atoms with Crippen LogP contribution in [0.25, 0.3) is 0 Å². The maximum Gasteiger partial charge on any atom is 0.279 e. The number of hydrogen-bond acceptors (Lipinski definition) is 2. The quantitative estimate of drug-likeness (QED) is 0.544. The summed E-state index contributed by atoms with van der Waals surface area (Å²) in [7, 11) is 1.85.